The molecule has 0 aliphatic heterocycles. The number of allylic oxidation sites excluding steroid dienone is 5. The molecule has 0 nitrogen and oxygen atoms in total. The molecule has 0 spiro atoms. The molecule has 0 aromatic carbocycles. The first-order valence-electron chi connectivity index (χ1n) is 2.32. The minimum Gasteiger partial charge on any atom is -0.112 e. The minimum atomic E-state index is 1.26. The molecule has 32 valence electrons. The van der Waals surface area contributed by atoms with Crippen LogP contribution < -0.4 is 0 Å². The van der Waals surface area contributed by atoms with Gasteiger partial charge in [-0.05, 0) is 17.7 Å². The maximum absolute atomic E-state index is 3.04. The van der Waals surface area contributed by atoms with Crippen LogP contribution in [-0.2, 0) is 0 Å². The van der Waals surface area contributed by atoms with Gasteiger partial charge in [0, 0.05) is 5.57 Å². The molecule has 0 unspecified atom stereocenters. The van der Waals surface area contributed by atoms with E-state index in [0.717, 1.165) is 0 Å². The van der Waals surface area contributed by atoms with Crippen LogP contribution in [0.15, 0.2) is 41.2 Å². The standard InChI is InChI=1S/C7H4/c1-2-6-4-5-7(6)3-1/h1-4H. The highest BCUT2D eigenvalue weighted by Gasteiger charge is 2.06. The zero-order chi connectivity index (χ0) is 4.69. The molecule has 0 bridgehead atoms. The van der Waals surface area contributed by atoms with Crippen molar-refractivity contribution in [3.63, 3.8) is 0 Å². The van der Waals surface area contributed by atoms with Crippen LogP contribution in [0.25, 0.3) is 0 Å². The molecule has 0 fully saturated rings. The van der Waals surface area contributed by atoms with Crippen molar-refractivity contribution in [2.24, 2.45) is 0 Å². The number of fused-ring (bicyclic) bond motifs is 1. The molecule has 2 rings (SSSR count). The van der Waals surface area contributed by atoms with E-state index in [4.69, 9.17) is 0 Å². The molecule has 0 radical (unpaired) electrons. The lowest BCUT2D eigenvalue weighted by atomic mass is 10.0. The van der Waals surface area contributed by atoms with E-state index in [-0.39, 0.29) is 0 Å². The van der Waals surface area contributed by atoms with Gasteiger partial charge in [-0.1, -0.05) is 12.2 Å². The Kier molecular flexibility index (Phi) is 0.350. The van der Waals surface area contributed by atoms with E-state index in [0.29, 0.717) is 0 Å². The quantitative estimate of drug-likeness (QED) is 0.394. The lowest BCUT2D eigenvalue weighted by Gasteiger charge is -1.98. The van der Waals surface area contributed by atoms with Gasteiger partial charge >= 0.3 is 0 Å². The molecule has 0 saturated heterocycles. The van der Waals surface area contributed by atoms with E-state index >= 15 is 0 Å². The van der Waals surface area contributed by atoms with Crippen LogP contribution in [0.4, 0.5) is 0 Å². The second-order valence-corrected chi connectivity index (χ2v) is 1.68. The Morgan fingerprint density at radius 3 is 2.71 bits per heavy atom. The second-order valence-electron chi connectivity index (χ2n) is 1.68. The highest BCUT2D eigenvalue weighted by atomic mass is 14.1. The Morgan fingerprint density at radius 2 is 2.43 bits per heavy atom. The van der Waals surface area contributed by atoms with E-state index < -0.39 is 0 Å². The zero-order valence-corrected chi connectivity index (χ0v) is 3.81. The molecule has 0 heteroatoms. The van der Waals surface area contributed by atoms with Gasteiger partial charge in [-0.15, -0.1) is 5.73 Å². The zero-order valence-electron chi connectivity index (χ0n) is 3.81. The lowest BCUT2D eigenvalue weighted by Crippen LogP contribution is -1.81. The van der Waals surface area contributed by atoms with E-state index in [1.807, 2.05) is 12.2 Å². The minimum absolute atomic E-state index is 1.26. The summed E-state index contributed by atoms with van der Waals surface area (Å²) < 4.78 is 0. The fourth-order valence-corrected chi connectivity index (χ4v) is 0.769. The third kappa shape index (κ3) is 0.230. The maximum atomic E-state index is 3.04. The Labute approximate surface area is 42.2 Å². The molecule has 7 heavy (non-hydrogen) atoms. The van der Waals surface area contributed by atoms with E-state index in [9.17, 15) is 0 Å². The molecule has 0 saturated carbocycles. The van der Waals surface area contributed by atoms with E-state index in [1.165, 1.54) is 11.1 Å². The predicted molar refractivity (Wildman–Crippen MR) is 28.8 cm³/mol. The molecule has 0 aromatic heterocycles. The van der Waals surface area contributed by atoms with Crippen molar-refractivity contribution in [3.8, 4) is 0 Å². The summed E-state index contributed by atoms with van der Waals surface area (Å²) in [5.41, 5.74) is 5.64. The van der Waals surface area contributed by atoms with Crippen molar-refractivity contribution in [1.82, 2.24) is 0 Å². The fraction of sp³-hybridized carbons (Fsp3) is 0. The fourth-order valence-electron chi connectivity index (χ4n) is 0.769. The first-order chi connectivity index (χ1) is 3.47. The average Bonchev–Trinajstić information content (AvgIpc) is 1.85. The van der Waals surface area contributed by atoms with Crippen molar-refractivity contribution >= 4 is 0 Å². The van der Waals surface area contributed by atoms with E-state index in [2.05, 4.69) is 17.9 Å². The number of hydrogen-bond donors (Lipinski definition) is 0. The summed E-state index contributed by atoms with van der Waals surface area (Å²) in [5, 5.41) is 0. The van der Waals surface area contributed by atoms with Crippen LogP contribution >= 0.6 is 0 Å². The first-order valence-corrected chi connectivity index (χ1v) is 2.32. The summed E-state index contributed by atoms with van der Waals surface area (Å²) in [5.74, 6) is 0. The average molecular weight is 88.1 g/mol. The van der Waals surface area contributed by atoms with Crippen molar-refractivity contribution in [1.29, 1.82) is 0 Å². The van der Waals surface area contributed by atoms with Crippen molar-refractivity contribution in [3.05, 3.63) is 41.2 Å². The Hall–Kier alpha value is -1.00. The molecule has 2 aliphatic carbocycles. The molecule has 0 N–H and O–H groups in total. The van der Waals surface area contributed by atoms with Gasteiger partial charge in [0.05, 0.1) is 0 Å². The molecule has 0 amide bonds. The summed E-state index contributed by atoms with van der Waals surface area (Å²) in [4.78, 5) is 0. The van der Waals surface area contributed by atoms with Crippen LogP contribution in [0, 0.1) is 0 Å². The summed E-state index contributed by atoms with van der Waals surface area (Å²) in [7, 11) is 0. The van der Waals surface area contributed by atoms with Crippen LogP contribution in [-0.4, -0.2) is 0 Å². The Morgan fingerprint density at radius 1 is 1.43 bits per heavy atom. The molecular weight excluding hydrogens is 84.1 g/mol. The summed E-state index contributed by atoms with van der Waals surface area (Å²) in [6, 6.07) is 0. The van der Waals surface area contributed by atoms with Gasteiger partial charge in [0.2, 0.25) is 0 Å². The first kappa shape index (κ1) is 3.06. The summed E-state index contributed by atoms with van der Waals surface area (Å²) >= 11 is 0. The van der Waals surface area contributed by atoms with Crippen molar-refractivity contribution in [2.45, 2.75) is 0 Å². The number of rotatable bonds is 0. The second kappa shape index (κ2) is 0.800. The van der Waals surface area contributed by atoms with Crippen LogP contribution in [0.2, 0.25) is 0 Å². The van der Waals surface area contributed by atoms with Gasteiger partial charge in [-0.3, -0.25) is 0 Å². The van der Waals surface area contributed by atoms with Crippen LogP contribution in [0.1, 0.15) is 0 Å². The van der Waals surface area contributed by atoms with Gasteiger partial charge in [-0.25, -0.2) is 0 Å². The van der Waals surface area contributed by atoms with Gasteiger partial charge in [-0.2, -0.15) is 0 Å². The molecule has 0 aromatic rings. The molecular formula is C7H4. The Bertz CT molecular complexity index is 220. The normalized spacial score (nSPS) is 20.6. The smallest absolute Gasteiger partial charge is 0.0243 e. The lowest BCUT2D eigenvalue weighted by molar-refractivity contribution is 1.55. The monoisotopic (exact) mass is 88.0 g/mol. The maximum Gasteiger partial charge on any atom is 0.0243 e. The highest BCUT2D eigenvalue weighted by Crippen LogP contribution is 2.23. The number of hydrogen-bond acceptors (Lipinski definition) is 0. The van der Waals surface area contributed by atoms with Gasteiger partial charge in [0.25, 0.3) is 0 Å². The topological polar surface area (TPSA) is 0 Å². The summed E-state index contributed by atoms with van der Waals surface area (Å²) in [6.45, 7) is 0. The van der Waals surface area contributed by atoms with Crippen LogP contribution in [0.5, 0.6) is 0 Å². The van der Waals surface area contributed by atoms with Crippen molar-refractivity contribution < 1.29 is 0 Å². The van der Waals surface area contributed by atoms with E-state index in [1.54, 1.807) is 0 Å². The highest BCUT2D eigenvalue weighted by molar-refractivity contribution is 5.59. The Balaban J connectivity index is 2.73. The molecule has 0 atom stereocenters. The molecule has 2 aliphatic rings. The van der Waals surface area contributed by atoms with Gasteiger partial charge < -0.3 is 0 Å². The van der Waals surface area contributed by atoms with Gasteiger partial charge in [0.15, 0.2) is 0 Å². The van der Waals surface area contributed by atoms with Crippen LogP contribution in [0.3, 0.4) is 0 Å². The third-order valence-corrected chi connectivity index (χ3v) is 1.23. The summed E-state index contributed by atoms with van der Waals surface area (Å²) in [6.07, 6.45) is 8.19. The largest absolute Gasteiger partial charge is 0.112 e. The SMILES string of the molecule is C1=CC2=CC=CC=12. The molecule has 0 heterocycles. The third-order valence-electron chi connectivity index (χ3n) is 1.23. The van der Waals surface area contributed by atoms with Crippen molar-refractivity contribution in [2.75, 3.05) is 0 Å². The predicted octanol–water partition coefficient (Wildman–Crippen LogP) is 1.58. The van der Waals surface area contributed by atoms with Gasteiger partial charge in [0.1, 0.15) is 0 Å².